The van der Waals surface area contributed by atoms with Gasteiger partial charge in [0.25, 0.3) is 5.91 Å². The third-order valence-corrected chi connectivity index (χ3v) is 3.38. The average Bonchev–Trinajstić information content (AvgIpc) is 2.87. The second-order valence-corrected chi connectivity index (χ2v) is 4.79. The lowest BCUT2D eigenvalue weighted by atomic mass is 9.96. The van der Waals surface area contributed by atoms with E-state index in [0.717, 1.165) is 37.0 Å². The number of aliphatic carboxylic acids is 1. The minimum atomic E-state index is -1.09. The van der Waals surface area contributed by atoms with Gasteiger partial charge in [-0.25, -0.2) is 4.79 Å². The zero-order chi connectivity index (χ0) is 14.5. The van der Waals surface area contributed by atoms with Crippen LogP contribution in [0.5, 0.6) is 0 Å². The van der Waals surface area contributed by atoms with Crippen molar-refractivity contribution in [2.75, 3.05) is 13.7 Å². The lowest BCUT2D eigenvalue weighted by molar-refractivity contribution is -0.139. The number of carbonyl (C=O) groups is 2. The van der Waals surface area contributed by atoms with Crippen LogP contribution in [0.2, 0.25) is 0 Å². The molecule has 1 aliphatic carbocycles. The molecular weight excluding hydrogens is 264 g/mol. The Bertz CT molecular complexity index is 497. The number of aromatic nitrogens is 1. The lowest BCUT2D eigenvalue weighted by Gasteiger charge is -2.14. The number of nitrogens with zero attached hydrogens (tertiary/aromatic N) is 1. The molecule has 2 rings (SSSR count). The highest BCUT2D eigenvalue weighted by molar-refractivity contribution is 5.96. The molecule has 7 heteroatoms. The molecule has 0 radical (unpaired) electrons. The molecular formula is C13H18N2O5. The van der Waals surface area contributed by atoms with Gasteiger partial charge in [-0.2, -0.15) is 0 Å². The van der Waals surface area contributed by atoms with Crippen LogP contribution in [0.4, 0.5) is 0 Å². The van der Waals surface area contributed by atoms with Crippen LogP contribution in [0.25, 0.3) is 0 Å². The first-order valence-electron chi connectivity index (χ1n) is 6.63. The third-order valence-electron chi connectivity index (χ3n) is 3.38. The van der Waals surface area contributed by atoms with Gasteiger partial charge >= 0.3 is 5.97 Å². The minimum Gasteiger partial charge on any atom is -0.480 e. The number of fused-ring (bicyclic) bond motifs is 1. The summed E-state index contributed by atoms with van der Waals surface area (Å²) in [7, 11) is 1.48. The van der Waals surface area contributed by atoms with Crippen molar-refractivity contribution in [2.45, 2.75) is 38.1 Å². The molecule has 0 saturated heterocycles. The summed E-state index contributed by atoms with van der Waals surface area (Å²) < 4.78 is 9.98. The molecule has 0 saturated carbocycles. The van der Waals surface area contributed by atoms with E-state index in [9.17, 15) is 9.59 Å². The molecule has 7 nitrogen and oxygen atoms in total. The maximum atomic E-state index is 12.1. The van der Waals surface area contributed by atoms with Crippen molar-refractivity contribution in [2.24, 2.45) is 0 Å². The molecule has 20 heavy (non-hydrogen) atoms. The van der Waals surface area contributed by atoms with Crippen LogP contribution in [0.1, 0.15) is 41.1 Å². The molecule has 1 amide bonds. The van der Waals surface area contributed by atoms with Crippen LogP contribution >= 0.6 is 0 Å². The Balaban J connectivity index is 2.06. The molecule has 0 fully saturated rings. The fraction of sp³-hybridized carbons (Fsp3) is 0.615. The summed E-state index contributed by atoms with van der Waals surface area (Å²) in [5.41, 5.74) is 1.02. The lowest BCUT2D eigenvalue weighted by Crippen LogP contribution is -2.42. The van der Waals surface area contributed by atoms with Gasteiger partial charge < -0.3 is 19.7 Å². The maximum absolute atomic E-state index is 12.1. The van der Waals surface area contributed by atoms with E-state index >= 15 is 0 Å². The van der Waals surface area contributed by atoms with Gasteiger partial charge in [0.05, 0.1) is 0 Å². The number of ether oxygens (including phenoxy) is 1. The van der Waals surface area contributed by atoms with Crippen molar-refractivity contribution in [3.63, 3.8) is 0 Å². The van der Waals surface area contributed by atoms with Gasteiger partial charge in [0.2, 0.25) is 0 Å². The first-order valence-corrected chi connectivity index (χ1v) is 6.63. The third kappa shape index (κ3) is 3.16. The zero-order valence-electron chi connectivity index (χ0n) is 11.3. The molecule has 0 bridgehead atoms. The summed E-state index contributed by atoms with van der Waals surface area (Å²) in [6.07, 6.45) is 3.74. The smallest absolute Gasteiger partial charge is 0.326 e. The van der Waals surface area contributed by atoms with Crippen LogP contribution < -0.4 is 5.32 Å². The molecule has 0 aliphatic heterocycles. The Morgan fingerprint density at radius 1 is 1.45 bits per heavy atom. The number of carboxylic acids is 1. The van der Waals surface area contributed by atoms with Gasteiger partial charge in [-0.1, -0.05) is 5.16 Å². The van der Waals surface area contributed by atoms with E-state index in [1.165, 1.54) is 7.11 Å². The Kier molecular flexibility index (Phi) is 4.73. The molecule has 1 aromatic heterocycles. The van der Waals surface area contributed by atoms with Crippen molar-refractivity contribution >= 4 is 11.9 Å². The quantitative estimate of drug-likeness (QED) is 0.799. The van der Waals surface area contributed by atoms with Crippen molar-refractivity contribution in [3.05, 3.63) is 17.0 Å². The summed E-state index contributed by atoms with van der Waals surface area (Å²) in [6.45, 7) is 0.258. The van der Waals surface area contributed by atoms with Gasteiger partial charge in [-0.3, -0.25) is 4.79 Å². The van der Waals surface area contributed by atoms with Crippen molar-refractivity contribution in [1.82, 2.24) is 10.5 Å². The van der Waals surface area contributed by atoms with Crippen molar-refractivity contribution in [3.8, 4) is 0 Å². The van der Waals surface area contributed by atoms with E-state index in [0.29, 0.717) is 0 Å². The maximum Gasteiger partial charge on any atom is 0.326 e. The number of amides is 1. The van der Waals surface area contributed by atoms with E-state index < -0.39 is 17.9 Å². The second-order valence-electron chi connectivity index (χ2n) is 4.79. The highest BCUT2D eigenvalue weighted by Crippen LogP contribution is 2.24. The minimum absolute atomic E-state index is 0.206. The Hall–Kier alpha value is -1.89. The van der Waals surface area contributed by atoms with Crippen LogP contribution in [0.3, 0.4) is 0 Å². The highest BCUT2D eigenvalue weighted by atomic mass is 16.5. The fourth-order valence-electron chi connectivity index (χ4n) is 2.28. The van der Waals surface area contributed by atoms with Crippen LogP contribution in [0.15, 0.2) is 4.52 Å². The first-order chi connectivity index (χ1) is 9.63. The highest BCUT2D eigenvalue weighted by Gasteiger charge is 2.27. The second kappa shape index (κ2) is 6.51. The predicted molar refractivity (Wildman–Crippen MR) is 68.5 cm³/mol. The molecule has 0 aromatic carbocycles. The number of aryl methyl sites for hydroxylation is 1. The predicted octanol–water partition coefficient (Wildman–Crippen LogP) is 0.773. The van der Waals surface area contributed by atoms with Crippen LogP contribution in [-0.2, 0) is 22.4 Å². The van der Waals surface area contributed by atoms with E-state index in [1.807, 2.05) is 0 Å². The zero-order valence-corrected chi connectivity index (χ0v) is 11.3. The van der Waals surface area contributed by atoms with E-state index in [4.69, 9.17) is 14.4 Å². The number of rotatable bonds is 6. The molecule has 1 aliphatic rings. The van der Waals surface area contributed by atoms with E-state index in [1.54, 1.807) is 0 Å². The number of carboxylic acid groups (broad SMARTS) is 1. The summed E-state index contributed by atoms with van der Waals surface area (Å²) in [5, 5.41) is 15.3. The summed E-state index contributed by atoms with van der Waals surface area (Å²) in [5.74, 6) is -0.849. The SMILES string of the molecule is COCCC(NC(=O)c1noc2c1CCCC2)C(=O)O. The Morgan fingerprint density at radius 2 is 2.20 bits per heavy atom. The van der Waals surface area contributed by atoms with E-state index in [-0.39, 0.29) is 18.7 Å². The van der Waals surface area contributed by atoms with Crippen LogP contribution in [0, 0.1) is 0 Å². The monoisotopic (exact) mass is 282 g/mol. The van der Waals surface area contributed by atoms with Crippen molar-refractivity contribution < 1.29 is 24.0 Å². The normalized spacial score (nSPS) is 15.4. The largest absolute Gasteiger partial charge is 0.480 e. The number of hydrogen-bond donors (Lipinski definition) is 2. The Labute approximate surface area is 116 Å². The standard InChI is InChI=1S/C13H18N2O5/c1-19-7-6-9(13(17)18)14-12(16)11-8-4-2-3-5-10(8)20-15-11/h9H,2-7H2,1H3,(H,14,16)(H,17,18). The fourth-order valence-corrected chi connectivity index (χ4v) is 2.28. The molecule has 1 heterocycles. The first kappa shape index (κ1) is 14.5. The molecule has 1 atom stereocenters. The average molecular weight is 282 g/mol. The molecule has 1 unspecified atom stereocenters. The number of methoxy groups -OCH3 is 1. The molecule has 2 N–H and O–H groups in total. The summed E-state index contributed by atoms with van der Waals surface area (Å²) in [6, 6.07) is -0.988. The topological polar surface area (TPSA) is 102 Å². The van der Waals surface area contributed by atoms with E-state index in [2.05, 4.69) is 10.5 Å². The van der Waals surface area contributed by atoms with Crippen molar-refractivity contribution in [1.29, 1.82) is 0 Å². The Morgan fingerprint density at radius 3 is 2.90 bits per heavy atom. The van der Waals surface area contributed by atoms with Crippen LogP contribution in [-0.4, -0.2) is 41.9 Å². The summed E-state index contributed by atoms with van der Waals surface area (Å²) >= 11 is 0. The van der Waals surface area contributed by atoms with Gasteiger partial charge in [0.1, 0.15) is 11.8 Å². The number of nitrogens with one attached hydrogen (secondary N) is 1. The molecule has 1 aromatic rings. The van der Waals surface area contributed by atoms with Gasteiger partial charge in [0.15, 0.2) is 5.69 Å². The van der Waals surface area contributed by atoms with Gasteiger partial charge in [-0.05, 0) is 19.3 Å². The van der Waals surface area contributed by atoms with Gasteiger partial charge in [0, 0.05) is 32.1 Å². The molecule has 0 spiro atoms. The van der Waals surface area contributed by atoms with Gasteiger partial charge in [-0.15, -0.1) is 0 Å². The number of carbonyl (C=O) groups excluding carboxylic acids is 1. The summed E-state index contributed by atoms with van der Waals surface area (Å²) in [4.78, 5) is 23.2. The number of hydrogen-bond acceptors (Lipinski definition) is 5. The molecule has 110 valence electrons.